The Morgan fingerprint density at radius 3 is 2.62 bits per heavy atom. The number of amides is 2. The lowest BCUT2D eigenvalue weighted by Crippen LogP contribution is -2.44. The van der Waals surface area contributed by atoms with Gasteiger partial charge in [-0.25, -0.2) is 4.79 Å². The Hall–Kier alpha value is -5.29. The standard InChI is InChI=1S/C28H22ClN7O4/c29-20-8-11-25(36-16-31-34-35-36)18(13-20)7-12-26(37)33-24(14-19-15-30-23-4-2-1-3-22(19)23)27(38)32-21-9-5-17(6-10-21)28(39)40/h1-13,15-16,24,30H,14H2,(H,32,38)(H,33,37)(H,39,40)/t24-/m0/s1. The van der Waals surface area contributed by atoms with Gasteiger partial charge in [-0.3, -0.25) is 9.59 Å². The van der Waals surface area contributed by atoms with E-state index in [1.54, 1.807) is 30.5 Å². The van der Waals surface area contributed by atoms with Crippen molar-refractivity contribution in [2.75, 3.05) is 5.32 Å². The number of fused-ring (bicyclic) bond motifs is 1. The predicted octanol–water partition coefficient (Wildman–Crippen LogP) is 3.87. The van der Waals surface area contributed by atoms with Gasteiger partial charge in [0, 0.05) is 45.9 Å². The van der Waals surface area contributed by atoms with E-state index in [1.165, 1.54) is 41.4 Å². The topological polar surface area (TPSA) is 155 Å². The van der Waals surface area contributed by atoms with Crippen LogP contribution in [-0.4, -0.2) is 54.1 Å². The molecule has 0 radical (unpaired) electrons. The maximum Gasteiger partial charge on any atom is 0.335 e. The van der Waals surface area contributed by atoms with Crippen molar-refractivity contribution in [2.24, 2.45) is 0 Å². The summed E-state index contributed by atoms with van der Waals surface area (Å²) >= 11 is 6.17. The van der Waals surface area contributed by atoms with Crippen molar-refractivity contribution in [3.8, 4) is 5.69 Å². The Balaban J connectivity index is 1.38. The van der Waals surface area contributed by atoms with E-state index < -0.39 is 23.8 Å². The Labute approximate surface area is 232 Å². The number of H-pyrrole nitrogens is 1. The third kappa shape index (κ3) is 6.05. The number of aromatic nitrogens is 5. The lowest BCUT2D eigenvalue weighted by molar-refractivity contribution is -0.123. The Bertz CT molecular complexity index is 1710. The van der Waals surface area contributed by atoms with E-state index in [4.69, 9.17) is 16.7 Å². The molecule has 0 fully saturated rings. The highest BCUT2D eigenvalue weighted by Crippen LogP contribution is 2.22. The fourth-order valence-electron chi connectivity index (χ4n) is 4.18. The van der Waals surface area contributed by atoms with Gasteiger partial charge in [0.05, 0.1) is 11.3 Å². The van der Waals surface area contributed by atoms with Crippen LogP contribution >= 0.6 is 11.6 Å². The van der Waals surface area contributed by atoms with Gasteiger partial charge in [-0.05, 0) is 70.6 Å². The number of aromatic carboxylic acids is 1. The van der Waals surface area contributed by atoms with Gasteiger partial charge >= 0.3 is 5.97 Å². The maximum atomic E-state index is 13.3. The summed E-state index contributed by atoms with van der Waals surface area (Å²) in [5, 5.41) is 27.2. The van der Waals surface area contributed by atoms with Crippen molar-refractivity contribution in [1.82, 2.24) is 30.5 Å². The number of halogens is 1. The molecule has 12 heteroatoms. The summed E-state index contributed by atoms with van der Waals surface area (Å²) in [5.74, 6) is -2.05. The average molecular weight is 556 g/mol. The van der Waals surface area contributed by atoms with Crippen LogP contribution in [0.2, 0.25) is 5.02 Å². The Kier molecular flexibility index (Phi) is 7.65. The van der Waals surface area contributed by atoms with Crippen LogP contribution in [0.1, 0.15) is 21.5 Å². The molecule has 200 valence electrons. The van der Waals surface area contributed by atoms with Crippen molar-refractivity contribution in [2.45, 2.75) is 12.5 Å². The van der Waals surface area contributed by atoms with Gasteiger partial charge < -0.3 is 20.7 Å². The quantitative estimate of drug-likeness (QED) is 0.201. The minimum atomic E-state index is -1.07. The number of carbonyl (C=O) groups excluding carboxylic acids is 2. The average Bonchev–Trinajstić information content (AvgIpc) is 3.63. The summed E-state index contributed by atoms with van der Waals surface area (Å²) in [6, 6.07) is 17.5. The molecule has 0 aliphatic heterocycles. The second kappa shape index (κ2) is 11.6. The van der Waals surface area contributed by atoms with Gasteiger partial charge in [-0.1, -0.05) is 29.8 Å². The summed E-state index contributed by atoms with van der Waals surface area (Å²) in [7, 11) is 0. The molecule has 0 aliphatic carbocycles. The number of carboxylic acids is 1. The highest BCUT2D eigenvalue weighted by molar-refractivity contribution is 6.30. The van der Waals surface area contributed by atoms with E-state index in [1.807, 2.05) is 24.3 Å². The minimum absolute atomic E-state index is 0.0915. The summed E-state index contributed by atoms with van der Waals surface area (Å²) in [6.07, 6.45) is 6.29. The number of nitrogens with one attached hydrogen (secondary N) is 3. The second-order valence-corrected chi connectivity index (χ2v) is 9.22. The van der Waals surface area contributed by atoms with Crippen LogP contribution in [0.3, 0.4) is 0 Å². The van der Waals surface area contributed by atoms with Crippen LogP contribution in [0.15, 0.2) is 85.3 Å². The first kappa shape index (κ1) is 26.3. The molecule has 0 saturated heterocycles. The fourth-order valence-corrected chi connectivity index (χ4v) is 4.36. The van der Waals surface area contributed by atoms with Gasteiger partial charge in [0.2, 0.25) is 11.8 Å². The summed E-state index contributed by atoms with van der Waals surface area (Å²) in [6.45, 7) is 0. The lowest BCUT2D eigenvalue weighted by atomic mass is 10.0. The van der Waals surface area contributed by atoms with E-state index in [-0.39, 0.29) is 12.0 Å². The molecule has 2 heterocycles. The summed E-state index contributed by atoms with van der Waals surface area (Å²) in [5.41, 5.74) is 3.44. The van der Waals surface area contributed by atoms with E-state index in [9.17, 15) is 14.4 Å². The first-order valence-corrected chi connectivity index (χ1v) is 12.5. The van der Waals surface area contributed by atoms with Crippen molar-refractivity contribution in [3.63, 3.8) is 0 Å². The highest BCUT2D eigenvalue weighted by Gasteiger charge is 2.22. The molecule has 5 aromatic rings. The molecule has 5 rings (SSSR count). The van der Waals surface area contributed by atoms with Crippen molar-refractivity contribution >= 4 is 52.1 Å². The van der Waals surface area contributed by atoms with Gasteiger partial charge in [0.1, 0.15) is 12.4 Å². The van der Waals surface area contributed by atoms with Crippen LogP contribution in [-0.2, 0) is 16.0 Å². The van der Waals surface area contributed by atoms with Crippen molar-refractivity contribution in [3.05, 3.63) is 107 Å². The first-order chi connectivity index (χ1) is 19.4. The van der Waals surface area contributed by atoms with Crippen LogP contribution in [0.25, 0.3) is 22.7 Å². The summed E-state index contributed by atoms with van der Waals surface area (Å²) in [4.78, 5) is 40.7. The van der Waals surface area contributed by atoms with E-state index in [0.29, 0.717) is 22.0 Å². The molecule has 0 spiro atoms. The molecule has 0 saturated carbocycles. The largest absolute Gasteiger partial charge is 0.478 e. The van der Waals surface area contributed by atoms with Gasteiger partial charge in [0.15, 0.2) is 0 Å². The first-order valence-electron chi connectivity index (χ1n) is 12.1. The molecule has 11 nitrogen and oxygen atoms in total. The predicted molar refractivity (Wildman–Crippen MR) is 149 cm³/mol. The zero-order valence-corrected chi connectivity index (χ0v) is 21.5. The van der Waals surface area contributed by atoms with Crippen molar-refractivity contribution < 1.29 is 19.5 Å². The lowest BCUT2D eigenvalue weighted by Gasteiger charge is -2.18. The van der Waals surface area contributed by atoms with Crippen LogP contribution in [0.5, 0.6) is 0 Å². The molecule has 0 aliphatic rings. The number of hydrogen-bond acceptors (Lipinski definition) is 6. The van der Waals surface area contributed by atoms with Crippen LogP contribution < -0.4 is 10.6 Å². The van der Waals surface area contributed by atoms with Gasteiger partial charge in [-0.15, -0.1) is 5.10 Å². The number of benzene rings is 3. The summed E-state index contributed by atoms with van der Waals surface area (Å²) < 4.78 is 1.44. The number of anilines is 1. The SMILES string of the molecule is O=C(C=Cc1cc(Cl)ccc1-n1cnnn1)N[C@@H](Cc1c[nH]c2ccccc12)C(=O)Nc1ccc(C(=O)O)cc1. The molecule has 40 heavy (non-hydrogen) atoms. The zero-order chi connectivity index (χ0) is 28.1. The van der Waals surface area contributed by atoms with Crippen LogP contribution in [0.4, 0.5) is 5.69 Å². The monoisotopic (exact) mass is 555 g/mol. The number of rotatable bonds is 9. The minimum Gasteiger partial charge on any atom is -0.478 e. The maximum absolute atomic E-state index is 13.3. The van der Waals surface area contributed by atoms with E-state index in [2.05, 4.69) is 31.1 Å². The number of para-hydroxylation sites is 1. The molecule has 4 N–H and O–H groups in total. The number of carboxylic acid groups (broad SMARTS) is 1. The van der Waals surface area contributed by atoms with Gasteiger partial charge in [0.25, 0.3) is 0 Å². The fraction of sp³-hybridized carbons (Fsp3) is 0.0714. The molecule has 0 unspecified atom stereocenters. The van der Waals surface area contributed by atoms with E-state index >= 15 is 0 Å². The normalized spacial score (nSPS) is 11.9. The van der Waals surface area contributed by atoms with Crippen LogP contribution in [0, 0.1) is 0 Å². The molecule has 0 bridgehead atoms. The highest BCUT2D eigenvalue weighted by atomic mass is 35.5. The zero-order valence-electron chi connectivity index (χ0n) is 20.8. The second-order valence-electron chi connectivity index (χ2n) is 8.79. The molecular weight excluding hydrogens is 534 g/mol. The molecule has 3 aromatic carbocycles. The molecular formula is C28H22ClN7O4. The number of aromatic amines is 1. The molecule has 1 atom stereocenters. The third-order valence-corrected chi connectivity index (χ3v) is 6.37. The Morgan fingerprint density at radius 1 is 1.07 bits per heavy atom. The number of hydrogen-bond donors (Lipinski definition) is 4. The number of tetrazole rings is 1. The number of carbonyl (C=O) groups is 3. The molecule has 2 amide bonds. The smallest absolute Gasteiger partial charge is 0.335 e. The molecule has 2 aromatic heterocycles. The van der Waals surface area contributed by atoms with Gasteiger partial charge in [-0.2, -0.15) is 4.68 Å². The third-order valence-electron chi connectivity index (χ3n) is 6.13. The van der Waals surface area contributed by atoms with E-state index in [0.717, 1.165) is 16.5 Å². The number of nitrogens with zero attached hydrogens (tertiary/aromatic N) is 4. The Morgan fingerprint density at radius 2 is 1.88 bits per heavy atom. The van der Waals surface area contributed by atoms with Crippen molar-refractivity contribution in [1.29, 1.82) is 0 Å².